The molecule has 0 saturated carbocycles. The Morgan fingerprint density at radius 2 is 2.43 bits per heavy atom. The molecule has 2 aromatic heterocycles. The number of thiazole rings is 1. The van der Waals surface area contributed by atoms with E-state index in [-0.39, 0.29) is 11.9 Å². The van der Waals surface area contributed by atoms with Crippen molar-refractivity contribution in [1.82, 2.24) is 20.1 Å². The van der Waals surface area contributed by atoms with E-state index in [9.17, 15) is 4.79 Å². The van der Waals surface area contributed by atoms with Crippen molar-refractivity contribution in [3.8, 4) is 0 Å². The third-order valence-corrected chi connectivity index (χ3v) is 4.18. The summed E-state index contributed by atoms with van der Waals surface area (Å²) in [5.41, 5.74) is 2.86. The molecule has 1 amide bonds. The predicted octanol–water partition coefficient (Wildman–Crippen LogP) is 1.28. The molecule has 1 saturated heterocycles. The molecule has 1 aliphatic heterocycles. The highest BCUT2D eigenvalue weighted by Gasteiger charge is 2.24. The molecule has 1 aliphatic rings. The molecular weight excluding hydrogens is 286 g/mol. The van der Waals surface area contributed by atoms with E-state index < -0.39 is 0 Å². The summed E-state index contributed by atoms with van der Waals surface area (Å²) in [7, 11) is 1.91. The third kappa shape index (κ3) is 3.49. The van der Waals surface area contributed by atoms with Gasteiger partial charge in [-0.2, -0.15) is 5.10 Å². The summed E-state index contributed by atoms with van der Waals surface area (Å²) < 4.78 is 1.79. The molecule has 110 valence electrons. The first kappa shape index (κ1) is 13.8. The molecule has 0 radical (unpaired) electrons. The lowest BCUT2D eigenvalue weighted by atomic mass is 10.2. The van der Waals surface area contributed by atoms with Crippen LogP contribution >= 0.6 is 11.3 Å². The van der Waals surface area contributed by atoms with Crippen LogP contribution in [0, 0.1) is 0 Å². The van der Waals surface area contributed by atoms with E-state index >= 15 is 0 Å². The molecule has 0 bridgehead atoms. The van der Waals surface area contributed by atoms with Crippen molar-refractivity contribution in [2.75, 3.05) is 18.0 Å². The smallest absolute Gasteiger partial charge is 0.244 e. The molecule has 1 N–H and O–H groups in total. The second kappa shape index (κ2) is 6.09. The van der Waals surface area contributed by atoms with Crippen LogP contribution in [0.1, 0.15) is 11.3 Å². The van der Waals surface area contributed by atoms with Crippen LogP contribution in [0.5, 0.6) is 0 Å². The highest BCUT2D eigenvalue weighted by molar-refractivity contribution is 7.10. The Morgan fingerprint density at radius 3 is 3.14 bits per heavy atom. The molecule has 3 rings (SSSR count). The second-order valence-corrected chi connectivity index (χ2v) is 5.97. The molecule has 0 aromatic carbocycles. The lowest BCUT2D eigenvalue weighted by Gasteiger charge is -2.16. The van der Waals surface area contributed by atoms with Gasteiger partial charge in [-0.05, 0) is 12.5 Å². The fourth-order valence-electron chi connectivity index (χ4n) is 2.40. The number of carbonyl (C=O) groups excluding carboxylic acids is 1. The Hall–Kier alpha value is -2.15. The van der Waals surface area contributed by atoms with Crippen molar-refractivity contribution >= 4 is 29.0 Å². The first-order valence-corrected chi connectivity index (χ1v) is 7.69. The predicted molar refractivity (Wildman–Crippen MR) is 83.1 cm³/mol. The maximum atomic E-state index is 11.9. The Labute approximate surface area is 127 Å². The van der Waals surface area contributed by atoms with Crippen LogP contribution in [0.3, 0.4) is 0 Å². The Bertz CT molecular complexity index is 634. The number of nitrogens with zero attached hydrogens (tertiary/aromatic N) is 4. The van der Waals surface area contributed by atoms with Crippen LogP contribution < -0.4 is 10.2 Å². The number of amides is 1. The topological polar surface area (TPSA) is 63.0 Å². The van der Waals surface area contributed by atoms with Crippen LogP contribution in [-0.2, 0) is 11.8 Å². The van der Waals surface area contributed by atoms with E-state index in [0.29, 0.717) is 0 Å². The summed E-state index contributed by atoms with van der Waals surface area (Å²) in [4.78, 5) is 19.1. The molecule has 1 fully saturated rings. The van der Waals surface area contributed by atoms with E-state index in [0.717, 1.165) is 30.1 Å². The number of rotatable bonds is 4. The van der Waals surface area contributed by atoms with Crippen LogP contribution in [0.4, 0.5) is 5.69 Å². The zero-order valence-corrected chi connectivity index (χ0v) is 12.6. The molecule has 6 nitrogen and oxygen atoms in total. The number of carbonyl (C=O) groups is 1. The molecule has 3 heterocycles. The van der Waals surface area contributed by atoms with Gasteiger partial charge in [-0.25, -0.2) is 0 Å². The minimum atomic E-state index is -0.0542. The summed E-state index contributed by atoms with van der Waals surface area (Å²) in [5, 5.41) is 7.21. The number of anilines is 1. The molecule has 0 spiro atoms. The van der Waals surface area contributed by atoms with Crippen LogP contribution in [0.25, 0.3) is 6.08 Å². The minimum absolute atomic E-state index is 0.0542. The Morgan fingerprint density at radius 1 is 1.52 bits per heavy atom. The number of aryl methyl sites for hydroxylation is 1. The van der Waals surface area contributed by atoms with E-state index in [1.54, 1.807) is 28.5 Å². The highest BCUT2D eigenvalue weighted by Crippen LogP contribution is 2.19. The number of hydrogen-bond donors (Lipinski definition) is 1. The summed E-state index contributed by atoms with van der Waals surface area (Å²) in [6.45, 7) is 1.76. The van der Waals surface area contributed by atoms with E-state index in [1.807, 2.05) is 19.4 Å². The normalized spacial score (nSPS) is 18.5. The first-order valence-electron chi connectivity index (χ1n) is 6.81. The molecular formula is C14H17N5OS. The van der Waals surface area contributed by atoms with Crippen molar-refractivity contribution in [3.63, 3.8) is 0 Å². The van der Waals surface area contributed by atoms with Gasteiger partial charge in [0.2, 0.25) is 5.91 Å². The van der Waals surface area contributed by atoms with Gasteiger partial charge in [0.25, 0.3) is 0 Å². The average molecular weight is 303 g/mol. The van der Waals surface area contributed by atoms with E-state index in [4.69, 9.17) is 0 Å². The van der Waals surface area contributed by atoms with E-state index in [1.165, 1.54) is 11.3 Å². The van der Waals surface area contributed by atoms with Gasteiger partial charge >= 0.3 is 0 Å². The summed E-state index contributed by atoms with van der Waals surface area (Å²) >= 11 is 1.51. The standard InChI is InChI=1S/C14H17N5OS/c1-18-9-12(6-16-18)19-5-4-11(8-19)17-14(20)3-2-13-7-15-10-21-13/h2-3,6-7,9-11H,4-5,8H2,1H3,(H,17,20)/b3-2+. The third-order valence-electron chi connectivity index (χ3n) is 3.44. The first-order chi connectivity index (χ1) is 10.2. The average Bonchev–Trinajstić information content (AvgIpc) is 3.17. The molecule has 2 aromatic rings. The molecule has 21 heavy (non-hydrogen) atoms. The maximum absolute atomic E-state index is 11.9. The lowest BCUT2D eigenvalue weighted by molar-refractivity contribution is -0.117. The fraction of sp³-hybridized carbons (Fsp3) is 0.357. The number of nitrogens with one attached hydrogen (secondary N) is 1. The maximum Gasteiger partial charge on any atom is 0.244 e. The van der Waals surface area contributed by atoms with Crippen LogP contribution in [-0.4, -0.2) is 39.8 Å². The zero-order chi connectivity index (χ0) is 14.7. The summed E-state index contributed by atoms with van der Waals surface area (Å²) in [6.07, 6.45) is 9.91. The van der Waals surface area contributed by atoms with E-state index in [2.05, 4.69) is 20.3 Å². The number of hydrogen-bond acceptors (Lipinski definition) is 5. The molecule has 1 atom stereocenters. The summed E-state index contributed by atoms with van der Waals surface area (Å²) in [5.74, 6) is -0.0542. The Kier molecular flexibility index (Phi) is 4.01. The van der Waals surface area contributed by atoms with Crippen LogP contribution in [0.2, 0.25) is 0 Å². The van der Waals surface area contributed by atoms with Crippen molar-refractivity contribution in [3.05, 3.63) is 35.1 Å². The van der Waals surface area contributed by atoms with Gasteiger partial charge in [-0.1, -0.05) is 0 Å². The van der Waals surface area contributed by atoms with Gasteiger partial charge in [0.1, 0.15) is 0 Å². The van der Waals surface area contributed by atoms with Gasteiger partial charge in [0, 0.05) is 49.5 Å². The highest BCUT2D eigenvalue weighted by atomic mass is 32.1. The van der Waals surface area contributed by atoms with Crippen molar-refractivity contribution in [2.45, 2.75) is 12.5 Å². The van der Waals surface area contributed by atoms with Gasteiger partial charge in [-0.3, -0.25) is 14.5 Å². The monoisotopic (exact) mass is 303 g/mol. The quantitative estimate of drug-likeness (QED) is 0.865. The zero-order valence-electron chi connectivity index (χ0n) is 11.8. The number of aromatic nitrogens is 3. The molecule has 1 unspecified atom stereocenters. The minimum Gasteiger partial charge on any atom is -0.367 e. The lowest BCUT2D eigenvalue weighted by Crippen LogP contribution is -2.36. The van der Waals surface area contributed by atoms with Crippen LogP contribution in [0.15, 0.2) is 30.2 Å². The SMILES string of the molecule is Cn1cc(N2CCC(NC(=O)/C=C/c3cncs3)C2)cn1. The molecule has 0 aliphatic carbocycles. The van der Waals surface area contributed by atoms with Gasteiger partial charge < -0.3 is 10.2 Å². The van der Waals surface area contributed by atoms with Gasteiger partial charge in [0.15, 0.2) is 0 Å². The van der Waals surface area contributed by atoms with Crippen molar-refractivity contribution < 1.29 is 4.79 Å². The second-order valence-electron chi connectivity index (χ2n) is 5.05. The molecule has 7 heteroatoms. The summed E-state index contributed by atoms with van der Waals surface area (Å²) in [6, 6.07) is 0.184. The van der Waals surface area contributed by atoms with Gasteiger partial charge in [0.05, 0.1) is 17.4 Å². The fourth-order valence-corrected chi connectivity index (χ4v) is 2.91. The largest absolute Gasteiger partial charge is 0.367 e. The van der Waals surface area contributed by atoms with Gasteiger partial charge in [-0.15, -0.1) is 11.3 Å². The Balaban J connectivity index is 1.51. The van der Waals surface area contributed by atoms with Crippen molar-refractivity contribution in [2.24, 2.45) is 7.05 Å². The van der Waals surface area contributed by atoms with Crippen molar-refractivity contribution in [1.29, 1.82) is 0 Å².